The number of anilines is 1. The van der Waals surface area contributed by atoms with Crippen LogP contribution < -0.4 is 15.4 Å². The summed E-state index contributed by atoms with van der Waals surface area (Å²) in [5.74, 6) is 0.595. The van der Waals surface area contributed by atoms with Gasteiger partial charge in [-0.15, -0.1) is 0 Å². The van der Waals surface area contributed by atoms with Gasteiger partial charge in [0, 0.05) is 18.3 Å². The molecular formula is C24H28FN5O3. The smallest absolute Gasteiger partial charge is 0.343 e. The lowest BCUT2D eigenvalue weighted by molar-refractivity contribution is 0.0528. The van der Waals surface area contributed by atoms with Gasteiger partial charge in [0.2, 0.25) is 0 Å². The van der Waals surface area contributed by atoms with Crippen LogP contribution in [0.25, 0.3) is 5.65 Å². The van der Waals surface area contributed by atoms with Crippen LogP contribution in [-0.2, 0) is 4.74 Å². The van der Waals surface area contributed by atoms with Crippen molar-refractivity contribution in [1.29, 1.82) is 0 Å². The van der Waals surface area contributed by atoms with E-state index in [1.54, 1.807) is 29.8 Å². The number of nitrogens with zero attached hydrogens (tertiary/aromatic N) is 4. The molecule has 1 aromatic carbocycles. The molecule has 5 rings (SSSR count). The molecule has 3 heterocycles. The van der Waals surface area contributed by atoms with E-state index in [2.05, 4.69) is 10.00 Å². The van der Waals surface area contributed by atoms with Crippen LogP contribution in [0.3, 0.4) is 0 Å². The Balaban J connectivity index is 1.49. The Morgan fingerprint density at radius 1 is 1.30 bits per heavy atom. The first-order chi connectivity index (χ1) is 16.0. The topological polar surface area (TPSA) is 95.0 Å². The second-order valence-corrected chi connectivity index (χ2v) is 8.87. The Morgan fingerprint density at radius 2 is 2.15 bits per heavy atom. The van der Waals surface area contributed by atoms with Gasteiger partial charge in [0.15, 0.2) is 5.65 Å². The Morgan fingerprint density at radius 3 is 2.94 bits per heavy atom. The predicted molar refractivity (Wildman–Crippen MR) is 121 cm³/mol. The van der Waals surface area contributed by atoms with E-state index < -0.39 is 5.97 Å². The number of nitrogens with two attached hydrogens (primary N) is 1. The molecule has 1 aliphatic heterocycles. The molecule has 1 saturated carbocycles. The normalized spacial score (nSPS) is 19.5. The van der Waals surface area contributed by atoms with Crippen LogP contribution in [0.2, 0.25) is 0 Å². The molecule has 0 unspecified atom stereocenters. The lowest BCUT2D eigenvalue weighted by Gasteiger charge is -2.37. The summed E-state index contributed by atoms with van der Waals surface area (Å²) in [5, 5.41) is 4.22. The Kier molecular flexibility index (Phi) is 5.65. The third-order valence-electron chi connectivity index (χ3n) is 6.39. The van der Waals surface area contributed by atoms with Crippen molar-refractivity contribution in [1.82, 2.24) is 14.6 Å². The molecule has 0 spiro atoms. The number of ether oxygens (including phenoxy) is 2. The number of piperidine rings is 1. The van der Waals surface area contributed by atoms with E-state index in [0.29, 0.717) is 29.4 Å². The van der Waals surface area contributed by atoms with Crippen molar-refractivity contribution in [3.63, 3.8) is 0 Å². The highest BCUT2D eigenvalue weighted by molar-refractivity contribution is 5.95. The largest absolute Gasteiger partial charge is 0.491 e. The molecule has 9 heteroatoms. The van der Waals surface area contributed by atoms with Crippen LogP contribution in [0.1, 0.15) is 61.0 Å². The van der Waals surface area contributed by atoms with E-state index in [4.69, 9.17) is 20.2 Å². The highest BCUT2D eigenvalue weighted by atomic mass is 19.1. The van der Waals surface area contributed by atoms with E-state index in [1.807, 2.05) is 6.07 Å². The third-order valence-corrected chi connectivity index (χ3v) is 6.39. The summed E-state index contributed by atoms with van der Waals surface area (Å²) < 4.78 is 27.1. The second-order valence-electron chi connectivity index (χ2n) is 8.87. The molecule has 2 fully saturated rings. The fourth-order valence-corrected chi connectivity index (χ4v) is 4.34. The zero-order valence-electron chi connectivity index (χ0n) is 18.7. The monoisotopic (exact) mass is 453 g/mol. The van der Waals surface area contributed by atoms with Crippen molar-refractivity contribution in [2.24, 2.45) is 5.73 Å². The Labute approximate surface area is 191 Å². The van der Waals surface area contributed by atoms with Gasteiger partial charge in [-0.2, -0.15) is 5.10 Å². The average Bonchev–Trinajstić information content (AvgIpc) is 3.41. The summed E-state index contributed by atoms with van der Waals surface area (Å²) in [6.07, 6.45) is 7.97. The van der Waals surface area contributed by atoms with Crippen LogP contribution in [-0.4, -0.2) is 45.9 Å². The van der Waals surface area contributed by atoms with Gasteiger partial charge in [0.05, 0.1) is 24.4 Å². The molecule has 3 aromatic rings. The number of halogens is 1. The Hall–Kier alpha value is -3.20. The highest BCUT2D eigenvalue weighted by Gasteiger charge is 2.39. The molecule has 1 atom stereocenters. The molecule has 2 N–H and O–H groups in total. The van der Waals surface area contributed by atoms with Crippen LogP contribution in [0.15, 0.2) is 36.7 Å². The number of carbonyl (C=O) groups is 1. The van der Waals surface area contributed by atoms with Gasteiger partial charge in [-0.05, 0) is 63.3 Å². The summed E-state index contributed by atoms with van der Waals surface area (Å²) >= 11 is 0. The van der Waals surface area contributed by atoms with Gasteiger partial charge in [0.25, 0.3) is 0 Å². The van der Waals surface area contributed by atoms with Crippen LogP contribution in [0, 0.1) is 5.82 Å². The number of carbonyl (C=O) groups excluding carboxylic acids is 1. The molecule has 0 radical (unpaired) electrons. The summed E-state index contributed by atoms with van der Waals surface area (Å²) in [5.41, 5.74) is 7.49. The zero-order chi connectivity index (χ0) is 23.0. The van der Waals surface area contributed by atoms with Crippen LogP contribution in [0.5, 0.6) is 5.75 Å². The number of fused-ring (bicyclic) bond motifs is 1. The van der Waals surface area contributed by atoms with Gasteiger partial charge in [-0.25, -0.2) is 18.7 Å². The second kappa shape index (κ2) is 8.62. The minimum atomic E-state index is -0.455. The van der Waals surface area contributed by atoms with E-state index in [0.717, 1.165) is 44.2 Å². The molecule has 8 nitrogen and oxygen atoms in total. The van der Waals surface area contributed by atoms with Crippen molar-refractivity contribution < 1.29 is 18.7 Å². The van der Waals surface area contributed by atoms with Crippen molar-refractivity contribution >= 4 is 17.4 Å². The first kappa shape index (κ1) is 21.6. The van der Waals surface area contributed by atoms with Gasteiger partial charge in [0.1, 0.15) is 29.6 Å². The van der Waals surface area contributed by atoms with Crippen molar-refractivity contribution in [3.05, 3.63) is 53.6 Å². The molecule has 1 saturated heterocycles. The summed E-state index contributed by atoms with van der Waals surface area (Å²) in [6.45, 7) is 3.21. The van der Waals surface area contributed by atoms with E-state index in [-0.39, 0.29) is 24.0 Å². The first-order valence-electron chi connectivity index (χ1n) is 11.5. The lowest BCUT2D eigenvalue weighted by Crippen LogP contribution is -2.35. The number of esters is 1. The number of rotatable bonds is 7. The number of hydrogen-bond donors (Lipinski definition) is 1. The predicted octanol–water partition coefficient (Wildman–Crippen LogP) is 3.65. The molecule has 1 aliphatic carbocycles. The van der Waals surface area contributed by atoms with Crippen molar-refractivity contribution in [3.8, 4) is 5.75 Å². The van der Waals surface area contributed by atoms with E-state index >= 15 is 0 Å². The number of aromatic nitrogens is 3. The van der Waals surface area contributed by atoms with E-state index in [1.165, 1.54) is 12.3 Å². The third kappa shape index (κ3) is 4.37. The summed E-state index contributed by atoms with van der Waals surface area (Å²) in [4.78, 5) is 19.2. The maximum atomic E-state index is 14.3. The van der Waals surface area contributed by atoms with Crippen molar-refractivity contribution in [2.75, 3.05) is 24.7 Å². The van der Waals surface area contributed by atoms with Crippen LogP contribution in [0.4, 0.5) is 10.2 Å². The average molecular weight is 454 g/mol. The zero-order valence-corrected chi connectivity index (χ0v) is 18.7. The standard InChI is InChI=1S/C24H28FN5O3/c1-2-32-23(31)18-14-27-30-12-8-21(28-22(18)30)29-11-4-3-5-19(29)17-13-16(25)6-7-20(17)33-15-24(26)9-10-24/h6-8,12-14,19H,2-5,9-11,15,26H2,1H3/t19-/m1/s1. The fraction of sp³-hybridized carbons (Fsp3) is 0.458. The van der Waals surface area contributed by atoms with Gasteiger partial charge in [-0.3, -0.25) is 0 Å². The highest BCUT2D eigenvalue weighted by Crippen LogP contribution is 2.40. The molecular weight excluding hydrogens is 425 g/mol. The quantitative estimate of drug-likeness (QED) is 0.546. The molecule has 2 aromatic heterocycles. The number of hydrogen-bond acceptors (Lipinski definition) is 7. The SMILES string of the molecule is CCOC(=O)c1cnn2ccc(N3CCCC[C@@H]3c3cc(F)ccc3OCC3(N)CC3)nc12. The summed E-state index contributed by atoms with van der Waals surface area (Å²) in [6, 6.07) is 6.42. The maximum Gasteiger partial charge on any atom is 0.343 e. The first-order valence-corrected chi connectivity index (χ1v) is 11.5. The van der Waals surface area contributed by atoms with Crippen molar-refractivity contribution in [2.45, 2.75) is 50.6 Å². The fourth-order valence-electron chi connectivity index (χ4n) is 4.34. The van der Waals surface area contributed by atoms with Crippen LogP contribution >= 0.6 is 0 Å². The lowest BCUT2D eigenvalue weighted by atomic mass is 9.94. The molecule has 0 bridgehead atoms. The minimum Gasteiger partial charge on any atom is -0.491 e. The van der Waals surface area contributed by atoms with Gasteiger partial charge >= 0.3 is 5.97 Å². The van der Waals surface area contributed by atoms with Gasteiger partial charge < -0.3 is 20.1 Å². The van der Waals surface area contributed by atoms with E-state index in [9.17, 15) is 9.18 Å². The maximum absolute atomic E-state index is 14.3. The molecule has 2 aliphatic rings. The molecule has 0 amide bonds. The molecule has 174 valence electrons. The van der Waals surface area contributed by atoms with Gasteiger partial charge in [-0.1, -0.05) is 0 Å². The molecule has 33 heavy (non-hydrogen) atoms. The minimum absolute atomic E-state index is 0.110. The Bertz CT molecular complexity index is 1180. The summed E-state index contributed by atoms with van der Waals surface area (Å²) in [7, 11) is 0. The number of benzene rings is 1.